The molecular formula is C28H33FN4O3. The molecule has 1 aliphatic heterocycles. The van der Waals surface area contributed by atoms with Crippen LogP contribution < -0.4 is 5.73 Å². The van der Waals surface area contributed by atoms with E-state index in [4.69, 9.17) is 25.4 Å². The van der Waals surface area contributed by atoms with Gasteiger partial charge in [-0.3, -0.25) is 5.41 Å². The minimum absolute atomic E-state index is 0.156. The van der Waals surface area contributed by atoms with E-state index < -0.39 is 24.0 Å². The van der Waals surface area contributed by atoms with Gasteiger partial charge < -0.3 is 19.9 Å². The monoisotopic (exact) mass is 492 g/mol. The zero-order chi connectivity index (χ0) is 25.5. The zero-order valence-electron chi connectivity index (χ0n) is 20.6. The highest BCUT2D eigenvalue weighted by molar-refractivity contribution is 5.93. The number of ether oxygens (including phenoxy) is 3. The summed E-state index contributed by atoms with van der Waals surface area (Å²) in [6.07, 6.45) is -0.686. The van der Waals surface area contributed by atoms with Gasteiger partial charge in [0.05, 0.1) is 25.5 Å². The molecule has 4 rings (SSSR count). The Hall–Kier alpha value is -3.33. The van der Waals surface area contributed by atoms with Gasteiger partial charge in [0, 0.05) is 6.21 Å². The Morgan fingerprint density at radius 3 is 2.33 bits per heavy atom. The number of rotatable bonds is 11. The van der Waals surface area contributed by atoms with Crippen molar-refractivity contribution in [1.29, 1.82) is 5.41 Å². The Labute approximate surface area is 211 Å². The van der Waals surface area contributed by atoms with Gasteiger partial charge in [0.25, 0.3) is 0 Å². The molecule has 0 bridgehead atoms. The SMILES string of the molecule is CC/C=N\n1c(C(=N)N)ccc1C1(C)O[C@H](COCc2ccccc2)[C@@H](OCc2ccccc2)[C@H]1F. The van der Waals surface area contributed by atoms with Gasteiger partial charge in [-0.1, -0.05) is 67.6 Å². The number of aromatic nitrogens is 1. The molecule has 4 atom stereocenters. The largest absolute Gasteiger partial charge is 0.382 e. The number of halogens is 1. The average molecular weight is 493 g/mol. The van der Waals surface area contributed by atoms with Crippen molar-refractivity contribution in [3.8, 4) is 0 Å². The standard InChI is InChI=1S/C28H33FN4O3/c1-3-16-32-33-22(27(30)31)14-15-24(33)28(2)26(29)25(35-18-21-12-8-5-9-13-21)23(36-28)19-34-17-20-10-6-4-7-11-20/h4-16,23,25-26H,3,17-19H2,1-2H3,(H3,30,31)/b32-16-/t23-,25-,26-,28?/m1/s1. The molecule has 3 aromatic rings. The van der Waals surface area contributed by atoms with E-state index in [1.54, 1.807) is 25.3 Å². The maximum Gasteiger partial charge on any atom is 0.163 e. The fourth-order valence-electron chi connectivity index (χ4n) is 4.40. The molecule has 36 heavy (non-hydrogen) atoms. The first-order valence-electron chi connectivity index (χ1n) is 12.1. The molecule has 7 nitrogen and oxygen atoms in total. The van der Waals surface area contributed by atoms with Gasteiger partial charge in [0.2, 0.25) is 0 Å². The van der Waals surface area contributed by atoms with E-state index in [2.05, 4.69) is 5.10 Å². The van der Waals surface area contributed by atoms with Crippen molar-refractivity contribution in [3.05, 3.63) is 95.3 Å². The molecule has 2 heterocycles. The molecule has 1 fully saturated rings. The summed E-state index contributed by atoms with van der Waals surface area (Å²) in [6.45, 7) is 4.41. The molecular weight excluding hydrogens is 459 g/mol. The molecule has 190 valence electrons. The van der Waals surface area contributed by atoms with Gasteiger partial charge in [-0.25, -0.2) is 9.07 Å². The number of hydrogen-bond donors (Lipinski definition) is 2. The molecule has 0 aliphatic carbocycles. The Balaban J connectivity index is 1.60. The highest BCUT2D eigenvalue weighted by Gasteiger charge is 2.56. The molecule has 0 saturated carbocycles. The second-order valence-corrected chi connectivity index (χ2v) is 8.96. The first kappa shape index (κ1) is 25.8. The van der Waals surface area contributed by atoms with E-state index in [0.29, 0.717) is 24.4 Å². The lowest BCUT2D eigenvalue weighted by Gasteiger charge is -2.27. The summed E-state index contributed by atoms with van der Waals surface area (Å²) >= 11 is 0. The van der Waals surface area contributed by atoms with Crippen LogP contribution in [0.3, 0.4) is 0 Å². The normalized spacial score (nSPS) is 23.9. The van der Waals surface area contributed by atoms with Crippen LogP contribution in [0.4, 0.5) is 4.39 Å². The van der Waals surface area contributed by atoms with Crippen molar-refractivity contribution in [3.63, 3.8) is 0 Å². The van der Waals surface area contributed by atoms with Crippen LogP contribution >= 0.6 is 0 Å². The lowest BCUT2D eigenvalue weighted by atomic mass is 9.94. The Morgan fingerprint density at radius 1 is 1.08 bits per heavy atom. The highest BCUT2D eigenvalue weighted by Crippen LogP contribution is 2.44. The van der Waals surface area contributed by atoms with Crippen LogP contribution in [0.1, 0.15) is 42.8 Å². The van der Waals surface area contributed by atoms with Crippen LogP contribution in [0.15, 0.2) is 77.9 Å². The van der Waals surface area contributed by atoms with Gasteiger partial charge in [-0.2, -0.15) is 5.10 Å². The van der Waals surface area contributed by atoms with E-state index in [9.17, 15) is 0 Å². The topological polar surface area (TPSA) is 94.9 Å². The van der Waals surface area contributed by atoms with Gasteiger partial charge in [-0.05, 0) is 36.6 Å². The third-order valence-electron chi connectivity index (χ3n) is 6.28. The molecule has 1 unspecified atom stereocenters. The van der Waals surface area contributed by atoms with E-state index >= 15 is 4.39 Å². The smallest absolute Gasteiger partial charge is 0.163 e. The molecule has 1 aliphatic rings. The Kier molecular flexibility index (Phi) is 8.30. The summed E-state index contributed by atoms with van der Waals surface area (Å²) < 4.78 is 36.2. The lowest BCUT2D eigenvalue weighted by molar-refractivity contribution is -0.0991. The maximum atomic E-state index is 16.3. The van der Waals surface area contributed by atoms with Crippen LogP contribution in [-0.2, 0) is 33.0 Å². The summed E-state index contributed by atoms with van der Waals surface area (Å²) in [5, 5.41) is 12.4. The Morgan fingerprint density at radius 2 is 1.72 bits per heavy atom. The quantitative estimate of drug-likeness (QED) is 0.298. The minimum Gasteiger partial charge on any atom is -0.382 e. The van der Waals surface area contributed by atoms with Crippen molar-refractivity contribution in [2.24, 2.45) is 10.8 Å². The van der Waals surface area contributed by atoms with Crippen molar-refractivity contribution >= 4 is 12.1 Å². The van der Waals surface area contributed by atoms with Crippen LogP contribution in [0, 0.1) is 5.41 Å². The number of amidine groups is 1. The predicted octanol–water partition coefficient (Wildman–Crippen LogP) is 4.77. The summed E-state index contributed by atoms with van der Waals surface area (Å²) in [4.78, 5) is 0. The highest BCUT2D eigenvalue weighted by atomic mass is 19.1. The van der Waals surface area contributed by atoms with E-state index in [1.807, 2.05) is 67.6 Å². The molecule has 0 spiro atoms. The van der Waals surface area contributed by atoms with Gasteiger partial charge in [0.15, 0.2) is 6.17 Å². The molecule has 3 N–H and O–H groups in total. The predicted molar refractivity (Wildman–Crippen MR) is 138 cm³/mol. The third-order valence-corrected chi connectivity index (χ3v) is 6.28. The fraction of sp³-hybridized carbons (Fsp3) is 0.357. The summed E-state index contributed by atoms with van der Waals surface area (Å²) in [5.41, 5.74) is 7.18. The van der Waals surface area contributed by atoms with Crippen molar-refractivity contribution in [2.45, 2.75) is 57.5 Å². The number of alkyl halides is 1. The van der Waals surface area contributed by atoms with Crippen LogP contribution in [-0.4, -0.2) is 41.7 Å². The first-order valence-corrected chi connectivity index (χ1v) is 12.1. The summed E-state index contributed by atoms with van der Waals surface area (Å²) in [5.74, 6) is -0.161. The third kappa shape index (κ3) is 5.56. The Bertz CT molecular complexity index is 1170. The van der Waals surface area contributed by atoms with Crippen molar-refractivity contribution in [2.75, 3.05) is 6.61 Å². The number of nitrogen functional groups attached to an aromatic ring is 1. The van der Waals surface area contributed by atoms with Crippen LogP contribution in [0.5, 0.6) is 0 Å². The molecule has 8 heteroatoms. The molecule has 2 aromatic carbocycles. The zero-order valence-corrected chi connectivity index (χ0v) is 20.6. The second kappa shape index (κ2) is 11.6. The van der Waals surface area contributed by atoms with Gasteiger partial charge in [0.1, 0.15) is 29.3 Å². The number of nitrogens with zero attached hydrogens (tertiary/aromatic N) is 2. The number of nitrogens with two attached hydrogens (primary N) is 1. The lowest BCUT2D eigenvalue weighted by Crippen LogP contribution is -2.38. The van der Waals surface area contributed by atoms with E-state index in [1.165, 1.54) is 4.68 Å². The molecule has 0 radical (unpaired) electrons. The van der Waals surface area contributed by atoms with E-state index in [-0.39, 0.29) is 19.0 Å². The first-order chi connectivity index (χ1) is 17.4. The summed E-state index contributed by atoms with van der Waals surface area (Å²) in [7, 11) is 0. The van der Waals surface area contributed by atoms with Crippen molar-refractivity contribution < 1.29 is 18.6 Å². The number of benzene rings is 2. The summed E-state index contributed by atoms with van der Waals surface area (Å²) in [6, 6.07) is 22.8. The molecule has 0 amide bonds. The fourth-order valence-corrected chi connectivity index (χ4v) is 4.40. The molecule has 1 aromatic heterocycles. The minimum atomic E-state index is -1.52. The van der Waals surface area contributed by atoms with E-state index in [0.717, 1.165) is 11.1 Å². The number of nitrogens with one attached hydrogen (secondary N) is 1. The van der Waals surface area contributed by atoms with Crippen LogP contribution in [0.25, 0.3) is 0 Å². The second-order valence-electron chi connectivity index (χ2n) is 8.96. The average Bonchev–Trinajstić information content (AvgIpc) is 3.42. The molecule has 1 saturated heterocycles. The van der Waals surface area contributed by atoms with Gasteiger partial charge >= 0.3 is 0 Å². The maximum absolute atomic E-state index is 16.3. The van der Waals surface area contributed by atoms with Gasteiger partial charge in [-0.15, -0.1) is 0 Å². The number of hydrogen-bond acceptors (Lipinski definition) is 5. The van der Waals surface area contributed by atoms with Crippen LogP contribution in [0.2, 0.25) is 0 Å². The van der Waals surface area contributed by atoms with Crippen molar-refractivity contribution in [1.82, 2.24) is 4.68 Å².